The number of H-pyrrole nitrogens is 1. The Hall–Kier alpha value is -1.87. The quantitative estimate of drug-likeness (QED) is 0.678. The molecule has 22 heavy (non-hydrogen) atoms. The second kappa shape index (κ2) is 5.40. The first-order valence-corrected chi connectivity index (χ1v) is 8.24. The molecule has 1 saturated heterocycles. The van der Waals surface area contributed by atoms with Gasteiger partial charge in [-0.15, -0.1) is 0 Å². The summed E-state index contributed by atoms with van der Waals surface area (Å²) in [7, 11) is 0. The SMILES string of the molecule is CC=C1CN2CCc3c([nH]c4ccccc34)C2CC1CC=O. The molecule has 114 valence electrons. The number of carbonyl (C=O) groups is 1. The maximum Gasteiger partial charge on any atom is 0.120 e. The first-order valence-electron chi connectivity index (χ1n) is 8.24. The van der Waals surface area contributed by atoms with Gasteiger partial charge in [-0.3, -0.25) is 4.90 Å². The highest BCUT2D eigenvalue weighted by Crippen LogP contribution is 2.43. The van der Waals surface area contributed by atoms with Crippen molar-refractivity contribution in [1.29, 1.82) is 0 Å². The van der Waals surface area contributed by atoms with Crippen molar-refractivity contribution in [1.82, 2.24) is 9.88 Å². The van der Waals surface area contributed by atoms with Gasteiger partial charge in [0.05, 0.1) is 6.04 Å². The summed E-state index contributed by atoms with van der Waals surface area (Å²) in [4.78, 5) is 17.3. The number of para-hydroxylation sites is 1. The van der Waals surface area contributed by atoms with Gasteiger partial charge < -0.3 is 9.78 Å². The zero-order valence-corrected chi connectivity index (χ0v) is 13.0. The molecular formula is C19H22N2O. The molecule has 1 aromatic heterocycles. The van der Waals surface area contributed by atoms with Crippen LogP contribution in [0, 0.1) is 5.92 Å². The van der Waals surface area contributed by atoms with Crippen LogP contribution >= 0.6 is 0 Å². The minimum Gasteiger partial charge on any atom is -0.357 e. The second-order valence-corrected chi connectivity index (χ2v) is 6.50. The lowest BCUT2D eigenvalue weighted by Crippen LogP contribution is -2.42. The fraction of sp³-hybridized carbons (Fsp3) is 0.421. The Kier molecular flexibility index (Phi) is 3.38. The van der Waals surface area contributed by atoms with Crippen LogP contribution < -0.4 is 0 Å². The Labute approximate surface area is 131 Å². The molecule has 2 aromatic rings. The maximum absolute atomic E-state index is 11.0. The zero-order chi connectivity index (χ0) is 15.1. The van der Waals surface area contributed by atoms with Gasteiger partial charge in [0.1, 0.15) is 6.29 Å². The van der Waals surface area contributed by atoms with Gasteiger partial charge in [0.2, 0.25) is 0 Å². The van der Waals surface area contributed by atoms with Crippen LogP contribution in [0.5, 0.6) is 0 Å². The van der Waals surface area contributed by atoms with Crippen molar-refractivity contribution >= 4 is 17.2 Å². The van der Waals surface area contributed by atoms with Crippen molar-refractivity contribution in [3.63, 3.8) is 0 Å². The number of hydrogen-bond acceptors (Lipinski definition) is 2. The minimum atomic E-state index is 0.404. The smallest absolute Gasteiger partial charge is 0.120 e. The third-order valence-corrected chi connectivity index (χ3v) is 5.44. The van der Waals surface area contributed by atoms with Crippen molar-refractivity contribution in [3.05, 3.63) is 47.2 Å². The van der Waals surface area contributed by atoms with Crippen LogP contribution in [0.3, 0.4) is 0 Å². The normalized spacial score (nSPS) is 26.9. The van der Waals surface area contributed by atoms with Crippen molar-refractivity contribution in [3.8, 4) is 0 Å². The lowest BCUT2D eigenvalue weighted by atomic mass is 9.80. The molecule has 1 aromatic carbocycles. The third-order valence-electron chi connectivity index (χ3n) is 5.44. The predicted molar refractivity (Wildman–Crippen MR) is 88.9 cm³/mol. The summed E-state index contributed by atoms with van der Waals surface area (Å²) in [6, 6.07) is 9.04. The van der Waals surface area contributed by atoms with Gasteiger partial charge in [-0.2, -0.15) is 0 Å². The molecule has 0 aliphatic carbocycles. The number of fused-ring (bicyclic) bond motifs is 5. The van der Waals surface area contributed by atoms with Gasteiger partial charge in [0, 0.05) is 36.1 Å². The number of aldehydes is 1. The highest BCUT2D eigenvalue weighted by molar-refractivity contribution is 5.85. The highest BCUT2D eigenvalue weighted by Gasteiger charge is 2.37. The van der Waals surface area contributed by atoms with Gasteiger partial charge in [0.25, 0.3) is 0 Å². The second-order valence-electron chi connectivity index (χ2n) is 6.50. The van der Waals surface area contributed by atoms with E-state index in [9.17, 15) is 4.79 Å². The molecule has 2 atom stereocenters. The van der Waals surface area contributed by atoms with Crippen LogP contribution in [0.15, 0.2) is 35.9 Å². The van der Waals surface area contributed by atoms with E-state index in [4.69, 9.17) is 0 Å². The van der Waals surface area contributed by atoms with Crippen LogP contribution in [0.4, 0.5) is 0 Å². The molecule has 0 amide bonds. The Bertz CT molecular complexity index is 743. The van der Waals surface area contributed by atoms with Gasteiger partial charge in [-0.1, -0.05) is 29.8 Å². The van der Waals surface area contributed by atoms with Crippen molar-refractivity contribution in [2.24, 2.45) is 5.92 Å². The van der Waals surface area contributed by atoms with Gasteiger partial charge in [-0.05, 0) is 37.3 Å². The van der Waals surface area contributed by atoms with E-state index in [-0.39, 0.29) is 0 Å². The first-order chi connectivity index (χ1) is 10.8. The number of aromatic amines is 1. The van der Waals surface area contributed by atoms with Crippen molar-refractivity contribution in [2.45, 2.75) is 32.2 Å². The summed E-state index contributed by atoms with van der Waals surface area (Å²) in [5, 5.41) is 1.38. The number of rotatable bonds is 2. The van der Waals surface area contributed by atoms with Gasteiger partial charge in [0.15, 0.2) is 0 Å². The molecule has 3 heterocycles. The fourth-order valence-electron chi connectivity index (χ4n) is 4.30. The number of benzene rings is 1. The Morgan fingerprint density at radius 2 is 2.23 bits per heavy atom. The molecule has 0 saturated carbocycles. The van der Waals surface area contributed by atoms with E-state index in [2.05, 4.69) is 47.1 Å². The molecule has 0 spiro atoms. The molecule has 3 nitrogen and oxygen atoms in total. The summed E-state index contributed by atoms with van der Waals surface area (Å²) >= 11 is 0. The summed E-state index contributed by atoms with van der Waals surface area (Å²) < 4.78 is 0. The van der Waals surface area contributed by atoms with Gasteiger partial charge >= 0.3 is 0 Å². The Balaban J connectivity index is 1.75. The lowest BCUT2D eigenvalue weighted by molar-refractivity contribution is -0.108. The molecular weight excluding hydrogens is 272 g/mol. The standard InChI is InChI=1S/C19H22N2O/c1-2-13-12-21-9-7-16-15-5-3-4-6-17(15)20-19(16)18(21)11-14(13)8-10-22/h2-6,10,14,18,20H,7-9,11-12H2,1H3. The van der Waals surface area contributed by atoms with E-state index in [1.807, 2.05) is 0 Å². The number of hydrogen-bond donors (Lipinski definition) is 1. The minimum absolute atomic E-state index is 0.404. The predicted octanol–water partition coefficient (Wildman–Crippen LogP) is 3.62. The monoisotopic (exact) mass is 294 g/mol. The van der Waals surface area contributed by atoms with Crippen LogP contribution in [0.2, 0.25) is 0 Å². The summed E-state index contributed by atoms with van der Waals surface area (Å²) in [6.45, 7) is 4.23. The summed E-state index contributed by atoms with van der Waals surface area (Å²) in [5.74, 6) is 0.404. The molecule has 3 heteroatoms. The number of allylic oxidation sites excluding steroid dienone is 1. The van der Waals surface area contributed by atoms with Crippen molar-refractivity contribution in [2.75, 3.05) is 13.1 Å². The van der Waals surface area contributed by atoms with Crippen LogP contribution in [-0.4, -0.2) is 29.3 Å². The largest absolute Gasteiger partial charge is 0.357 e. The van der Waals surface area contributed by atoms with E-state index in [0.717, 1.165) is 32.2 Å². The maximum atomic E-state index is 11.0. The average Bonchev–Trinajstić information content (AvgIpc) is 2.93. The summed E-state index contributed by atoms with van der Waals surface area (Å²) in [6.07, 6.45) is 6.12. The Morgan fingerprint density at radius 1 is 1.36 bits per heavy atom. The lowest BCUT2D eigenvalue weighted by Gasteiger charge is -2.43. The number of nitrogens with one attached hydrogen (secondary N) is 1. The van der Waals surface area contributed by atoms with Crippen molar-refractivity contribution < 1.29 is 4.79 Å². The van der Waals surface area contributed by atoms with E-state index in [0.29, 0.717) is 18.4 Å². The molecule has 1 fully saturated rings. The zero-order valence-electron chi connectivity index (χ0n) is 13.0. The van der Waals surface area contributed by atoms with Crippen LogP contribution in [-0.2, 0) is 11.2 Å². The fourth-order valence-corrected chi connectivity index (χ4v) is 4.30. The molecule has 4 rings (SSSR count). The average molecular weight is 294 g/mol. The van der Waals surface area contributed by atoms with Gasteiger partial charge in [-0.25, -0.2) is 0 Å². The van der Waals surface area contributed by atoms with Crippen LogP contribution in [0.25, 0.3) is 10.9 Å². The van der Waals surface area contributed by atoms with Crippen LogP contribution in [0.1, 0.15) is 37.1 Å². The molecule has 0 radical (unpaired) electrons. The number of piperidine rings is 1. The topological polar surface area (TPSA) is 36.1 Å². The van der Waals surface area contributed by atoms with E-state index in [1.54, 1.807) is 0 Å². The third kappa shape index (κ3) is 2.03. The Morgan fingerprint density at radius 3 is 3.05 bits per heavy atom. The van der Waals surface area contributed by atoms with E-state index >= 15 is 0 Å². The highest BCUT2D eigenvalue weighted by atomic mass is 16.1. The number of nitrogens with zero attached hydrogens (tertiary/aromatic N) is 1. The number of carbonyl (C=O) groups excluding carboxylic acids is 1. The molecule has 0 bridgehead atoms. The van der Waals surface area contributed by atoms with E-state index < -0.39 is 0 Å². The molecule has 2 aliphatic rings. The number of aromatic nitrogens is 1. The molecule has 1 N–H and O–H groups in total. The molecule has 2 unspecified atom stereocenters. The molecule has 2 aliphatic heterocycles. The first kappa shape index (κ1) is 13.8. The summed E-state index contributed by atoms with van der Waals surface area (Å²) in [5.41, 5.74) is 5.56. The van der Waals surface area contributed by atoms with E-state index in [1.165, 1.54) is 27.7 Å².